The van der Waals surface area contributed by atoms with E-state index >= 15 is 0 Å². The second-order valence-electron chi connectivity index (χ2n) is 6.00. The number of carbonyl (C=O) groups is 1. The van der Waals surface area contributed by atoms with Crippen molar-refractivity contribution in [3.8, 4) is 5.75 Å². The zero-order valence-electron chi connectivity index (χ0n) is 13.2. The van der Waals surface area contributed by atoms with Crippen LogP contribution in [0.25, 0.3) is 16.6 Å². The Hall–Kier alpha value is -2.56. The average molecular weight is 310 g/mol. The van der Waals surface area contributed by atoms with Gasteiger partial charge in [0.2, 0.25) is 5.91 Å². The van der Waals surface area contributed by atoms with Gasteiger partial charge in [-0.2, -0.15) is 0 Å². The Bertz CT molecular complexity index is 924. The van der Waals surface area contributed by atoms with Gasteiger partial charge < -0.3 is 14.6 Å². The van der Waals surface area contributed by atoms with E-state index in [0.29, 0.717) is 29.7 Å². The first-order valence-electron chi connectivity index (χ1n) is 7.89. The third kappa shape index (κ3) is 1.92. The lowest BCUT2D eigenvalue weighted by molar-refractivity contribution is -0.128. The number of amides is 1. The number of aromatic nitrogens is 1. The van der Waals surface area contributed by atoms with Gasteiger partial charge in [0.1, 0.15) is 5.75 Å². The number of rotatable bonds is 2. The normalized spacial score (nSPS) is 16.8. The van der Waals surface area contributed by atoms with E-state index in [1.165, 1.54) is 5.57 Å². The maximum absolute atomic E-state index is 12.9. The van der Waals surface area contributed by atoms with Crippen molar-refractivity contribution in [3.63, 3.8) is 0 Å². The summed E-state index contributed by atoms with van der Waals surface area (Å²) in [4.78, 5) is 30.3. The molecule has 5 heteroatoms. The molecule has 2 aliphatic heterocycles. The lowest BCUT2D eigenvalue weighted by Crippen LogP contribution is -2.29. The van der Waals surface area contributed by atoms with Gasteiger partial charge in [-0.15, -0.1) is 0 Å². The van der Waals surface area contributed by atoms with E-state index in [2.05, 4.69) is 11.9 Å². The molecule has 2 aromatic rings. The molecule has 0 atom stereocenters. The molecule has 0 bridgehead atoms. The largest absolute Gasteiger partial charge is 0.497 e. The van der Waals surface area contributed by atoms with E-state index in [0.717, 1.165) is 29.7 Å². The topological polar surface area (TPSA) is 62.4 Å². The predicted molar refractivity (Wildman–Crippen MR) is 88.1 cm³/mol. The number of benzene rings is 1. The van der Waals surface area contributed by atoms with Crippen LogP contribution in [0.2, 0.25) is 0 Å². The summed E-state index contributed by atoms with van der Waals surface area (Å²) < 4.78 is 5.22. The van der Waals surface area contributed by atoms with Crippen LogP contribution < -0.4 is 10.2 Å². The Kier molecular flexibility index (Phi) is 3.04. The van der Waals surface area contributed by atoms with Gasteiger partial charge in [-0.3, -0.25) is 9.59 Å². The predicted octanol–water partition coefficient (Wildman–Crippen LogP) is 2.79. The van der Waals surface area contributed by atoms with Crippen LogP contribution >= 0.6 is 0 Å². The monoisotopic (exact) mass is 310 g/mol. The first-order valence-corrected chi connectivity index (χ1v) is 7.89. The van der Waals surface area contributed by atoms with Crippen LogP contribution in [0, 0.1) is 0 Å². The molecule has 0 spiro atoms. The summed E-state index contributed by atoms with van der Waals surface area (Å²) in [6.07, 6.45) is 2.20. The van der Waals surface area contributed by atoms with Gasteiger partial charge in [0.15, 0.2) is 5.43 Å². The van der Waals surface area contributed by atoms with Gasteiger partial charge in [0.05, 0.1) is 30.6 Å². The van der Waals surface area contributed by atoms with E-state index in [1.54, 1.807) is 18.1 Å². The van der Waals surface area contributed by atoms with Crippen molar-refractivity contribution in [1.29, 1.82) is 0 Å². The molecule has 0 fully saturated rings. The number of hydrogen-bond acceptors (Lipinski definition) is 3. The number of ether oxygens (including phenoxy) is 1. The molecule has 5 nitrogen and oxygen atoms in total. The van der Waals surface area contributed by atoms with Crippen LogP contribution in [0.5, 0.6) is 5.75 Å². The molecule has 0 saturated heterocycles. The van der Waals surface area contributed by atoms with Crippen molar-refractivity contribution in [2.45, 2.75) is 32.7 Å². The minimum atomic E-state index is -0.0159. The van der Waals surface area contributed by atoms with Crippen molar-refractivity contribution in [2.24, 2.45) is 0 Å². The molecule has 1 N–H and O–H groups in total. The van der Waals surface area contributed by atoms with Gasteiger partial charge in [0, 0.05) is 17.4 Å². The Morgan fingerprint density at radius 2 is 2.09 bits per heavy atom. The second-order valence-corrected chi connectivity index (χ2v) is 6.00. The average Bonchev–Trinajstić information content (AvgIpc) is 2.96. The summed E-state index contributed by atoms with van der Waals surface area (Å²) in [7, 11) is 1.58. The maximum atomic E-state index is 12.9. The van der Waals surface area contributed by atoms with Gasteiger partial charge in [-0.05, 0) is 36.6 Å². The van der Waals surface area contributed by atoms with Crippen LogP contribution in [0.3, 0.4) is 0 Å². The number of fused-ring (bicyclic) bond motifs is 4. The number of hydrogen-bond donors (Lipinski definition) is 1. The van der Waals surface area contributed by atoms with Gasteiger partial charge in [0.25, 0.3) is 0 Å². The fraction of sp³-hybridized carbons (Fsp3) is 0.333. The second kappa shape index (κ2) is 4.98. The molecular formula is C18H18N2O3. The van der Waals surface area contributed by atoms with Crippen LogP contribution in [-0.4, -0.2) is 22.9 Å². The molecule has 1 aromatic heterocycles. The van der Waals surface area contributed by atoms with Crippen molar-refractivity contribution in [2.75, 3.05) is 7.11 Å². The van der Waals surface area contributed by atoms with Crippen LogP contribution in [0.15, 0.2) is 28.6 Å². The highest BCUT2D eigenvalue weighted by atomic mass is 16.5. The van der Waals surface area contributed by atoms with Crippen molar-refractivity contribution in [1.82, 2.24) is 9.88 Å². The number of nitrogens with zero attached hydrogens (tertiary/aromatic N) is 1. The third-order valence-corrected chi connectivity index (χ3v) is 4.83. The summed E-state index contributed by atoms with van der Waals surface area (Å²) in [5.74, 6) is 0.756. The smallest absolute Gasteiger partial charge is 0.227 e. The van der Waals surface area contributed by atoms with Crippen LogP contribution in [0.1, 0.15) is 37.4 Å². The quantitative estimate of drug-likeness (QED) is 0.928. The Labute approximate surface area is 133 Å². The molecule has 0 saturated carbocycles. The van der Waals surface area contributed by atoms with E-state index < -0.39 is 0 Å². The molecule has 118 valence electrons. The first-order chi connectivity index (χ1) is 11.1. The summed E-state index contributed by atoms with van der Waals surface area (Å²) in [6, 6.07) is 5.44. The van der Waals surface area contributed by atoms with E-state index in [4.69, 9.17) is 4.74 Å². The summed E-state index contributed by atoms with van der Waals surface area (Å²) in [5, 5.41) is 0.606. The van der Waals surface area contributed by atoms with Crippen molar-refractivity contribution < 1.29 is 9.53 Å². The third-order valence-electron chi connectivity index (χ3n) is 4.83. The Morgan fingerprint density at radius 1 is 1.26 bits per heavy atom. The van der Waals surface area contributed by atoms with Crippen molar-refractivity contribution in [3.05, 3.63) is 45.3 Å². The minimum absolute atomic E-state index is 0.0159. The summed E-state index contributed by atoms with van der Waals surface area (Å²) in [6.45, 7) is 2.47. The molecule has 0 unspecified atom stereocenters. The molecular weight excluding hydrogens is 292 g/mol. The SMILES string of the molecule is CCC1=C2c3[nH]c4ccc(OC)cc4c(=O)c3CN2C(=O)CC1. The standard InChI is InChI=1S/C18H18N2O3/c1-3-10-4-7-15(21)20-9-13-16(17(10)20)19-14-6-5-11(23-2)8-12(14)18(13)22/h5-6,8H,3-4,7,9H2,1-2H3,(H,19,22). The highest BCUT2D eigenvalue weighted by Crippen LogP contribution is 2.39. The molecule has 3 heterocycles. The molecule has 0 aliphatic carbocycles. The number of pyridine rings is 1. The zero-order chi connectivity index (χ0) is 16.1. The Balaban J connectivity index is 2.02. The van der Waals surface area contributed by atoms with Crippen molar-refractivity contribution >= 4 is 22.5 Å². The molecule has 23 heavy (non-hydrogen) atoms. The van der Waals surface area contributed by atoms with Gasteiger partial charge in [-0.25, -0.2) is 0 Å². The van der Waals surface area contributed by atoms with Gasteiger partial charge >= 0.3 is 0 Å². The molecule has 4 rings (SSSR count). The lowest BCUT2D eigenvalue weighted by atomic mass is 9.98. The van der Waals surface area contributed by atoms with E-state index in [9.17, 15) is 9.59 Å². The number of allylic oxidation sites excluding steroid dienone is 1. The molecule has 0 radical (unpaired) electrons. The van der Waals surface area contributed by atoms with Crippen LogP contribution in [0.4, 0.5) is 0 Å². The van der Waals surface area contributed by atoms with E-state index in [1.807, 2.05) is 12.1 Å². The number of H-pyrrole nitrogens is 1. The molecule has 1 aromatic carbocycles. The number of carbonyl (C=O) groups excluding carboxylic acids is 1. The molecule has 2 aliphatic rings. The minimum Gasteiger partial charge on any atom is -0.497 e. The fourth-order valence-corrected chi connectivity index (χ4v) is 3.59. The van der Waals surface area contributed by atoms with Crippen LogP contribution in [-0.2, 0) is 11.3 Å². The Morgan fingerprint density at radius 3 is 2.83 bits per heavy atom. The maximum Gasteiger partial charge on any atom is 0.227 e. The number of methoxy groups -OCH3 is 1. The molecule has 1 amide bonds. The fourth-order valence-electron chi connectivity index (χ4n) is 3.59. The zero-order valence-corrected chi connectivity index (χ0v) is 13.2. The summed E-state index contributed by atoms with van der Waals surface area (Å²) >= 11 is 0. The highest BCUT2D eigenvalue weighted by Gasteiger charge is 2.36. The summed E-state index contributed by atoms with van der Waals surface area (Å²) in [5.41, 5.74) is 4.43. The first kappa shape index (κ1) is 14.1. The highest BCUT2D eigenvalue weighted by molar-refractivity contribution is 5.94. The number of nitrogens with one attached hydrogen (secondary N) is 1. The lowest BCUT2D eigenvalue weighted by Gasteiger charge is -2.26. The van der Waals surface area contributed by atoms with Gasteiger partial charge in [-0.1, -0.05) is 6.92 Å². The van der Waals surface area contributed by atoms with E-state index in [-0.39, 0.29) is 11.3 Å². The number of aromatic amines is 1.